The van der Waals surface area contributed by atoms with Crippen molar-refractivity contribution >= 4 is 0 Å². The third kappa shape index (κ3) is 3.33. The van der Waals surface area contributed by atoms with E-state index >= 15 is 0 Å². The summed E-state index contributed by atoms with van der Waals surface area (Å²) in [4.78, 5) is 0. The average Bonchev–Trinajstić information content (AvgIpc) is 2.18. The predicted octanol–water partition coefficient (Wildman–Crippen LogP) is 2.63. The molecule has 1 N–H and O–H groups in total. The first-order valence-corrected chi connectivity index (χ1v) is 5.44. The van der Waals surface area contributed by atoms with Crippen molar-refractivity contribution < 1.29 is 9.84 Å². The van der Waals surface area contributed by atoms with E-state index in [2.05, 4.69) is 6.92 Å². The standard InChI is InChI=1S/C13H20O2/c1-4-9-15-10-13(3,14)12-8-6-5-7-11(12)2/h5-8,14H,4,9-10H2,1-3H3. The molecule has 0 aliphatic heterocycles. The maximum Gasteiger partial charge on any atom is 0.110 e. The summed E-state index contributed by atoms with van der Waals surface area (Å²) in [5.41, 5.74) is 1.16. The topological polar surface area (TPSA) is 29.5 Å². The van der Waals surface area contributed by atoms with Gasteiger partial charge in [-0.05, 0) is 31.4 Å². The van der Waals surface area contributed by atoms with Crippen molar-refractivity contribution in [3.8, 4) is 0 Å². The lowest BCUT2D eigenvalue weighted by Crippen LogP contribution is -2.28. The average molecular weight is 208 g/mol. The quantitative estimate of drug-likeness (QED) is 0.754. The Labute approximate surface area is 91.9 Å². The maximum absolute atomic E-state index is 10.3. The van der Waals surface area contributed by atoms with Crippen LogP contribution in [0, 0.1) is 6.92 Å². The van der Waals surface area contributed by atoms with Crippen molar-refractivity contribution in [3.63, 3.8) is 0 Å². The Bertz CT molecular complexity index is 305. The van der Waals surface area contributed by atoms with Gasteiger partial charge in [-0.1, -0.05) is 31.2 Å². The van der Waals surface area contributed by atoms with E-state index in [1.54, 1.807) is 6.92 Å². The van der Waals surface area contributed by atoms with Crippen molar-refractivity contribution in [2.45, 2.75) is 32.8 Å². The van der Waals surface area contributed by atoms with Gasteiger partial charge >= 0.3 is 0 Å². The van der Waals surface area contributed by atoms with Gasteiger partial charge in [-0.25, -0.2) is 0 Å². The lowest BCUT2D eigenvalue weighted by Gasteiger charge is -2.25. The third-order valence-electron chi connectivity index (χ3n) is 2.46. The minimum atomic E-state index is -0.888. The number of benzene rings is 1. The van der Waals surface area contributed by atoms with Crippen molar-refractivity contribution in [3.05, 3.63) is 35.4 Å². The molecule has 0 saturated carbocycles. The van der Waals surface area contributed by atoms with Crippen LogP contribution in [0.1, 0.15) is 31.4 Å². The zero-order chi connectivity index (χ0) is 11.3. The molecule has 1 rings (SSSR count). The molecule has 0 saturated heterocycles. The fourth-order valence-corrected chi connectivity index (χ4v) is 1.67. The first-order chi connectivity index (χ1) is 7.08. The molecule has 2 heteroatoms. The molecule has 0 aliphatic carbocycles. The maximum atomic E-state index is 10.3. The van der Waals surface area contributed by atoms with Crippen LogP contribution in [0.15, 0.2) is 24.3 Å². The number of aryl methyl sites for hydroxylation is 1. The molecule has 0 radical (unpaired) electrons. The monoisotopic (exact) mass is 208 g/mol. The van der Waals surface area contributed by atoms with Gasteiger partial charge in [0.15, 0.2) is 0 Å². The van der Waals surface area contributed by atoms with Gasteiger partial charge < -0.3 is 9.84 Å². The lowest BCUT2D eigenvalue weighted by molar-refractivity contribution is -0.0379. The van der Waals surface area contributed by atoms with Crippen LogP contribution in [0.3, 0.4) is 0 Å². The Morgan fingerprint density at radius 2 is 2.00 bits per heavy atom. The van der Waals surface area contributed by atoms with Crippen molar-refractivity contribution in [1.82, 2.24) is 0 Å². The van der Waals surface area contributed by atoms with E-state index in [0.717, 1.165) is 17.5 Å². The van der Waals surface area contributed by atoms with Crippen LogP contribution in [0.2, 0.25) is 0 Å². The van der Waals surface area contributed by atoms with Gasteiger partial charge in [0.05, 0.1) is 6.61 Å². The molecule has 0 bridgehead atoms. The fourth-order valence-electron chi connectivity index (χ4n) is 1.67. The minimum Gasteiger partial charge on any atom is -0.383 e. The van der Waals surface area contributed by atoms with Crippen LogP contribution in [0.5, 0.6) is 0 Å². The van der Waals surface area contributed by atoms with Gasteiger partial charge in [0.2, 0.25) is 0 Å². The third-order valence-corrected chi connectivity index (χ3v) is 2.46. The number of ether oxygens (including phenoxy) is 1. The number of hydrogen-bond acceptors (Lipinski definition) is 2. The van der Waals surface area contributed by atoms with E-state index < -0.39 is 5.60 Å². The zero-order valence-electron chi connectivity index (χ0n) is 9.79. The SMILES string of the molecule is CCCOCC(C)(O)c1ccccc1C. The van der Waals surface area contributed by atoms with E-state index in [9.17, 15) is 5.11 Å². The van der Waals surface area contributed by atoms with Gasteiger partial charge in [0, 0.05) is 6.61 Å². The molecular formula is C13H20O2. The predicted molar refractivity (Wildman–Crippen MR) is 61.9 cm³/mol. The van der Waals surface area contributed by atoms with E-state index in [1.807, 2.05) is 31.2 Å². The first kappa shape index (κ1) is 12.2. The summed E-state index contributed by atoms with van der Waals surface area (Å²) >= 11 is 0. The molecular weight excluding hydrogens is 188 g/mol. The summed E-state index contributed by atoms with van der Waals surface area (Å²) in [6.07, 6.45) is 0.976. The molecule has 0 fully saturated rings. The minimum absolute atomic E-state index is 0.353. The first-order valence-electron chi connectivity index (χ1n) is 5.44. The highest BCUT2D eigenvalue weighted by Gasteiger charge is 2.24. The molecule has 0 heterocycles. The summed E-state index contributed by atoms with van der Waals surface area (Å²) < 4.78 is 5.41. The van der Waals surface area contributed by atoms with Crippen molar-refractivity contribution in [1.29, 1.82) is 0 Å². The molecule has 2 nitrogen and oxygen atoms in total. The van der Waals surface area contributed by atoms with Crippen LogP contribution in [-0.2, 0) is 10.3 Å². The molecule has 1 aromatic carbocycles. The molecule has 0 aliphatic rings. The van der Waals surface area contributed by atoms with Crippen LogP contribution in [0.4, 0.5) is 0 Å². The molecule has 84 valence electrons. The van der Waals surface area contributed by atoms with Gasteiger partial charge in [0.25, 0.3) is 0 Å². The molecule has 1 unspecified atom stereocenters. The second-order valence-corrected chi connectivity index (χ2v) is 4.14. The Balaban J connectivity index is 2.72. The Morgan fingerprint density at radius 3 is 2.60 bits per heavy atom. The molecule has 15 heavy (non-hydrogen) atoms. The summed E-state index contributed by atoms with van der Waals surface area (Å²) in [5.74, 6) is 0. The molecule has 0 spiro atoms. The largest absolute Gasteiger partial charge is 0.383 e. The number of aliphatic hydroxyl groups is 1. The Kier molecular flexibility index (Phi) is 4.30. The number of hydrogen-bond donors (Lipinski definition) is 1. The van der Waals surface area contributed by atoms with E-state index in [0.29, 0.717) is 13.2 Å². The van der Waals surface area contributed by atoms with Gasteiger partial charge in [-0.15, -0.1) is 0 Å². The highest BCUT2D eigenvalue weighted by Crippen LogP contribution is 2.23. The van der Waals surface area contributed by atoms with Crippen LogP contribution >= 0.6 is 0 Å². The fraction of sp³-hybridized carbons (Fsp3) is 0.538. The summed E-state index contributed by atoms with van der Waals surface area (Å²) in [5, 5.41) is 10.3. The van der Waals surface area contributed by atoms with Crippen LogP contribution in [-0.4, -0.2) is 18.3 Å². The normalized spacial score (nSPS) is 14.9. The van der Waals surface area contributed by atoms with Crippen LogP contribution in [0.25, 0.3) is 0 Å². The number of rotatable bonds is 5. The van der Waals surface area contributed by atoms with Crippen LogP contribution < -0.4 is 0 Å². The lowest BCUT2D eigenvalue weighted by atomic mass is 9.93. The molecule has 0 aromatic heterocycles. The zero-order valence-corrected chi connectivity index (χ0v) is 9.79. The Hall–Kier alpha value is -0.860. The summed E-state index contributed by atoms with van der Waals surface area (Å²) in [6.45, 7) is 6.91. The Morgan fingerprint density at radius 1 is 1.33 bits per heavy atom. The summed E-state index contributed by atoms with van der Waals surface area (Å²) in [6, 6.07) is 7.87. The molecule has 0 amide bonds. The van der Waals surface area contributed by atoms with Gasteiger partial charge in [-0.2, -0.15) is 0 Å². The van der Waals surface area contributed by atoms with E-state index in [1.165, 1.54) is 0 Å². The van der Waals surface area contributed by atoms with Gasteiger partial charge in [-0.3, -0.25) is 0 Å². The highest BCUT2D eigenvalue weighted by molar-refractivity contribution is 5.30. The van der Waals surface area contributed by atoms with Crippen molar-refractivity contribution in [2.24, 2.45) is 0 Å². The van der Waals surface area contributed by atoms with E-state index in [4.69, 9.17) is 4.74 Å². The smallest absolute Gasteiger partial charge is 0.110 e. The highest BCUT2D eigenvalue weighted by atomic mass is 16.5. The second-order valence-electron chi connectivity index (χ2n) is 4.14. The van der Waals surface area contributed by atoms with E-state index in [-0.39, 0.29) is 0 Å². The second kappa shape index (κ2) is 5.29. The molecule has 1 aromatic rings. The molecule has 1 atom stereocenters. The van der Waals surface area contributed by atoms with Crippen molar-refractivity contribution in [2.75, 3.05) is 13.2 Å². The van der Waals surface area contributed by atoms with Gasteiger partial charge in [0.1, 0.15) is 5.60 Å². The summed E-state index contributed by atoms with van der Waals surface area (Å²) in [7, 11) is 0.